The Morgan fingerprint density at radius 1 is 1.47 bits per heavy atom. The van der Waals surface area contributed by atoms with Crippen molar-refractivity contribution >= 4 is 24.0 Å². The van der Waals surface area contributed by atoms with Crippen molar-refractivity contribution in [3.8, 4) is 0 Å². The summed E-state index contributed by atoms with van der Waals surface area (Å²) in [7, 11) is 0. The van der Waals surface area contributed by atoms with Crippen LogP contribution in [-0.2, 0) is 9.59 Å². The van der Waals surface area contributed by atoms with Gasteiger partial charge in [0.15, 0.2) is 0 Å². The van der Waals surface area contributed by atoms with Crippen molar-refractivity contribution < 1.29 is 9.59 Å². The highest BCUT2D eigenvalue weighted by Gasteiger charge is 2.30. The van der Waals surface area contributed by atoms with Crippen molar-refractivity contribution in [2.45, 2.75) is 39.3 Å². The molecule has 1 heterocycles. The van der Waals surface area contributed by atoms with Crippen LogP contribution in [-0.4, -0.2) is 33.8 Å². The number of hydrogen-bond acceptors (Lipinski definition) is 4. The van der Waals surface area contributed by atoms with E-state index in [4.69, 9.17) is 5.73 Å². The maximum Gasteiger partial charge on any atom is 0.313 e. The van der Waals surface area contributed by atoms with Gasteiger partial charge in [0.1, 0.15) is 17.7 Å². The molecule has 1 unspecified atom stereocenters. The Bertz CT molecular complexity index is 468. The molecule has 6 nitrogen and oxygen atoms in total. The zero-order valence-corrected chi connectivity index (χ0v) is 11.6. The van der Waals surface area contributed by atoms with Crippen LogP contribution >= 0.6 is 0 Å². The average Bonchev–Trinajstić information content (AvgIpc) is 2.27. The van der Waals surface area contributed by atoms with E-state index in [9.17, 15) is 9.59 Å². The quantitative estimate of drug-likeness (QED) is 0.798. The van der Waals surface area contributed by atoms with Crippen LogP contribution in [0.5, 0.6) is 0 Å². The molecular weight excluding hydrogens is 244 g/mol. The third-order valence-electron chi connectivity index (χ3n) is 2.61. The first-order valence-electron chi connectivity index (χ1n) is 5.96. The number of anilines is 2. The van der Waals surface area contributed by atoms with Crippen LogP contribution < -0.4 is 11.1 Å². The molecule has 1 radical (unpaired) electrons. The SMILES string of the molecule is CC(C(=O)Nc1cccc(N)n1)N([C]=O)C(C)(C)C. The molecule has 1 rings (SSSR count). The summed E-state index contributed by atoms with van der Waals surface area (Å²) in [5, 5.41) is 2.62. The van der Waals surface area contributed by atoms with E-state index in [0.717, 1.165) is 0 Å². The highest BCUT2D eigenvalue weighted by molar-refractivity contribution is 5.95. The summed E-state index contributed by atoms with van der Waals surface area (Å²) in [6.07, 6.45) is 1.80. The van der Waals surface area contributed by atoms with Gasteiger partial charge >= 0.3 is 6.41 Å². The molecule has 19 heavy (non-hydrogen) atoms. The van der Waals surface area contributed by atoms with Gasteiger partial charge in [0.05, 0.1) is 0 Å². The lowest BCUT2D eigenvalue weighted by atomic mass is 10.0. The van der Waals surface area contributed by atoms with Crippen molar-refractivity contribution in [3.63, 3.8) is 0 Å². The molecule has 0 aliphatic heterocycles. The average molecular weight is 263 g/mol. The molecule has 0 aliphatic rings. The summed E-state index contributed by atoms with van der Waals surface area (Å²) in [5.74, 6) is 0.341. The second-order valence-electron chi connectivity index (χ2n) is 5.25. The van der Waals surface area contributed by atoms with E-state index in [2.05, 4.69) is 10.3 Å². The van der Waals surface area contributed by atoms with Crippen molar-refractivity contribution in [1.82, 2.24) is 9.88 Å². The summed E-state index contributed by atoms with van der Waals surface area (Å²) in [4.78, 5) is 28.3. The van der Waals surface area contributed by atoms with Crippen LogP contribution in [0.25, 0.3) is 0 Å². The molecule has 3 N–H and O–H groups in total. The number of carbonyl (C=O) groups is 1. The number of aromatic nitrogens is 1. The number of amides is 2. The molecular formula is C13H19N4O2. The molecule has 1 atom stereocenters. The Balaban J connectivity index is 2.80. The van der Waals surface area contributed by atoms with Gasteiger partial charge in [-0.1, -0.05) is 6.07 Å². The summed E-state index contributed by atoms with van der Waals surface area (Å²) in [6, 6.07) is 4.30. The predicted molar refractivity (Wildman–Crippen MR) is 74.0 cm³/mol. The van der Waals surface area contributed by atoms with Crippen LogP contribution in [0, 0.1) is 0 Å². The van der Waals surface area contributed by atoms with Gasteiger partial charge in [0.25, 0.3) is 0 Å². The molecule has 0 spiro atoms. The fraction of sp³-hybridized carbons (Fsp3) is 0.462. The fourth-order valence-corrected chi connectivity index (χ4v) is 1.67. The zero-order chi connectivity index (χ0) is 14.6. The third-order valence-corrected chi connectivity index (χ3v) is 2.61. The van der Waals surface area contributed by atoms with Gasteiger partial charge in [0.2, 0.25) is 5.91 Å². The first-order valence-corrected chi connectivity index (χ1v) is 5.96. The van der Waals surface area contributed by atoms with Crippen molar-refractivity contribution in [3.05, 3.63) is 18.2 Å². The van der Waals surface area contributed by atoms with Gasteiger partial charge in [-0.15, -0.1) is 0 Å². The highest BCUT2D eigenvalue weighted by Crippen LogP contribution is 2.16. The van der Waals surface area contributed by atoms with Crippen molar-refractivity contribution in [2.24, 2.45) is 0 Å². The molecule has 1 aromatic heterocycles. The normalized spacial score (nSPS) is 12.6. The van der Waals surface area contributed by atoms with Crippen molar-refractivity contribution in [1.29, 1.82) is 0 Å². The summed E-state index contributed by atoms with van der Waals surface area (Å²) in [5.41, 5.74) is 5.05. The van der Waals surface area contributed by atoms with E-state index in [1.807, 2.05) is 20.8 Å². The topological polar surface area (TPSA) is 88.3 Å². The molecule has 0 fully saturated rings. The molecule has 2 amide bonds. The van der Waals surface area contributed by atoms with Crippen LogP contribution in [0.1, 0.15) is 27.7 Å². The lowest BCUT2D eigenvalue weighted by molar-refractivity contribution is -0.120. The zero-order valence-electron chi connectivity index (χ0n) is 11.6. The number of nitrogens with one attached hydrogen (secondary N) is 1. The number of pyridine rings is 1. The van der Waals surface area contributed by atoms with Crippen LogP contribution in [0.4, 0.5) is 11.6 Å². The Labute approximate surface area is 113 Å². The predicted octanol–water partition coefficient (Wildman–Crippen LogP) is 1.16. The molecule has 6 heteroatoms. The molecule has 0 bridgehead atoms. The largest absolute Gasteiger partial charge is 0.384 e. The molecule has 0 saturated heterocycles. The van der Waals surface area contributed by atoms with Gasteiger partial charge in [-0.05, 0) is 39.8 Å². The monoisotopic (exact) mass is 263 g/mol. The standard InChI is InChI=1S/C13H19N4O2/c1-9(17(8-18)13(2,3)4)12(19)16-11-7-5-6-10(14)15-11/h5-7,9H,1-4H3,(H3,14,15,16,19). The highest BCUT2D eigenvalue weighted by atomic mass is 16.2. The van der Waals surface area contributed by atoms with Crippen LogP contribution in [0.3, 0.4) is 0 Å². The third kappa shape index (κ3) is 3.94. The van der Waals surface area contributed by atoms with E-state index < -0.39 is 11.6 Å². The van der Waals surface area contributed by atoms with Gasteiger partial charge in [-0.2, -0.15) is 0 Å². The lowest BCUT2D eigenvalue weighted by Gasteiger charge is -2.35. The van der Waals surface area contributed by atoms with Gasteiger partial charge in [-0.25, -0.2) is 4.98 Å². The molecule has 103 valence electrons. The first-order chi connectivity index (χ1) is 8.75. The van der Waals surface area contributed by atoms with Crippen molar-refractivity contribution in [2.75, 3.05) is 11.1 Å². The van der Waals surface area contributed by atoms with E-state index >= 15 is 0 Å². The van der Waals surface area contributed by atoms with Crippen LogP contribution in [0.2, 0.25) is 0 Å². The molecule has 0 saturated carbocycles. The second kappa shape index (κ2) is 5.69. The second-order valence-corrected chi connectivity index (χ2v) is 5.25. The number of rotatable bonds is 4. The minimum absolute atomic E-state index is 0.320. The fourth-order valence-electron chi connectivity index (χ4n) is 1.67. The Hall–Kier alpha value is -2.11. The lowest BCUT2D eigenvalue weighted by Crippen LogP contribution is -2.50. The van der Waals surface area contributed by atoms with Gasteiger partial charge in [-0.3, -0.25) is 9.59 Å². The van der Waals surface area contributed by atoms with E-state index in [0.29, 0.717) is 11.6 Å². The Morgan fingerprint density at radius 2 is 2.11 bits per heavy atom. The van der Waals surface area contributed by atoms with E-state index in [1.165, 1.54) is 4.90 Å². The minimum atomic E-state index is -0.652. The number of nitrogen functional groups attached to an aromatic ring is 1. The summed E-state index contributed by atoms with van der Waals surface area (Å²) in [6.45, 7) is 7.14. The van der Waals surface area contributed by atoms with Gasteiger partial charge < -0.3 is 16.0 Å². The summed E-state index contributed by atoms with van der Waals surface area (Å²) < 4.78 is 0. The molecule has 0 aromatic carbocycles. The number of nitrogens with zero attached hydrogens (tertiary/aromatic N) is 2. The smallest absolute Gasteiger partial charge is 0.313 e. The minimum Gasteiger partial charge on any atom is -0.384 e. The number of nitrogens with two attached hydrogens (primary N) is 1. The molecule has 1 aromatic rings. The van der Waals surface area contributed by atoms with E-state index in [1.54, 1.807) is 31.5 Å². The van der Waals surface area contributed by atoms with E-state index in [-0.39, 0.29) is 5.91 Å². The first kappa shape index (κ1) is 14.9. The maximum atomic E-state index is 12.1. The van der Waals surface area contributed by atoms with Gasteiger partial charge in [0, 0.05) is 5.54 Å². The molecule has 0 aliphatic carbocycles. The maximum absolute atomic E-state index is 12.1. The number of hydrogen-bond donors (Lipinski definition) is 2. The Morgan fingerprint density at radius 3 is 2.58 bits per heavy atom. The number of carbonyl (C=O) groups excluding carboxylic acids is 2. The Kier molecular flexibility index (Phi) is 4.47. The summed E-state index contributed by atoms with van der Waals surface area (Å²) >= 11 is 0. The van der Waals surface area contributed by atoms with Crippen LogP contribution in [0.15, 0.2) is 18.2 Å².